The summed E-state index contributed by atoms with van der Waals surface area (Å²) in [7, 11) is 0. The van der Waals surface area contributed by atoms with E-state index in [1.807, 2.05) is 18.2 Å². The quantitative estimate of drug-likeness (QED) is 0.901. The summed E-state index contributed by atoms with van der Waals surface area (Å²) in [5.74, 6) is 0.831. The molecule has 6 heteroatoms. The van der Waals surface area contributed by atoms with E-state index in [2.05, 4.69) is 33.6 Å². The highest BCUT2D eigenvalue weighted by atomic mass is 35.5. The number of hydrogen-bond acceptors (Lipinski definition) is 4. The van der Waals surface area contributed by atoms with Crippen molar-refractivity contribution in [1.29, 1.82) is 0 Å². The largest absolute Gasteiger partial charge is 0.354 e. The lowest BCUT2D eigenvalue weighted by Crippen LogP contribution is -2.38. The van der Waals surface area contributed by atoms with Gasteiger partial charge in [0.25, 0.3) is 0 Å². The van der Waals surface area contributed by atoms with Gasteiger partial charge in [0.2, 0.25) is 0 Å². The maximum atomic E-state index is 6.38. The van der Waals surface area contributed by atoms with Gasteiger partial charge in [-0.15, -0.1) is 11.3 Å². The molecule has 0 aliphatic carbocycles. The van der Waals surface area contributed by atoms with Gasteiger partial charge in [0.05, 0.1) is 28.8 Å². The fourth-order valence-electron chi connectivity index (χ4n) is 2.28. The van der Waals surface area contributed by atoms with Gasteiger partial charge in [-0.1, -0.05) is 29.3 Å². The van der Waals surface area contributed by atoms with Crippen molar-refractivity contribution in [2.75, 3.05) is 18.0 Å². The Kier molecular flexibility index (Phi) is 4.38. The molecule has 1 aliphatic rings. The molecule has 0 fully saturated rings. The zero-order valence-corrected chi connectivity index (χ0v) is 13.9. The second-order valence-corrected chi connectivity index (χ2v) is 6.63. The van der Waals surface area contributed by atoms with Crippen molar-refractivity contribution in [1.82, 2.24) is 5.32 Å². The summed E-state index contributed by atoms with van der Waals surface area (Å²) in [5.41, 5.74) is 2.08. The number of guanidine groups is 1. The van der Waals surface area contributed by atoms with Gasteiger partial charge in [-0.25, -0.2) is 0 Å². The number of thiophene rings is 1. The number of rotatable bonds is 3. The summed E-state index contributed by atoms with van der Waals surface area (Å²) in [4.78, 5) is 7.87. The second-order valence-electron chi connectivity index (χ2n) is 4.82. The first kappa shape index (κ1) is 14.7. The number of anilines is 1. The third-order valence-electron chi connectivity index (χ3n) is 3.39. The standard InChI is InChI=1S/C15H15Cl2N3S/c1-10-5-8-21-13(10)9-20(15-18-6-7-19-15)14-11(16)3-2-4-12(14)17/h2-5,8H,6-7,9H2,1H3,(H,18,19). The maximum Gasteiger partial charge on any atom is 0.199 e. The molecule has 1 aromatic heterocycles. The molecular weight excluding hydrogens is 325 g/mol. The van der Waals surface area contributed by atoms with Crippen LogP contribution in [0.3, 0.4) is 0 Å². The third kappa shape index (κ3) is 3.03. The topological polar surface area (TPSA) is 27.6 Å². The van der Waals surface area contributed by atoms with Crippen LogP contribution in [-0.2, 0) is 6.54 Å². The summed E-state index contributed by atoms with van der Waals surface area (Å²) in [5, 5.41) is 6.67. The molecule has 0 atom stereocenters. The Morgan fingerprint density at radius 1 is 1.29 bits per heavy atom. The van der Waals surface area contributed by atoms with E-state index in [1.54, 1.807) is 11.3 Å². The van der Waals surface area contributed by atoms with Crippen LogP contribution in [0.5, 0.6) is 0 Å². The van der Waals surface area contributed by atoms with E-state index in [0.29, 0.717) is 16.6 Å². The minimum Gasteiger partial charge on any atom is -0.354 e. The van der Waals surface area contributed by atoms with Crippen LogP contribution in [0.1, 0.15) is 10.4 Å². The van der Waals surface area contributed by atoms with Crippen LogP contribution < -0.4 is 10.2 Å². The normalized spacial score (nSPS) is 14.0. The molecule has 2 aromatic rings. The Hall–Kier alpha value is -1.23. The number of aliphatic imine (C=N–C) groups is 1. The predicted octanol–water partition coefficient (Wildman–Crippen LogP) is 4.33. The highest BCUT2D eigenvalue weighted by Gasteiger charge is 2.22. The zero-order valence-electron chi connectivity index (χ0n) is 11.6. The van der Waals surface area contributed by atoms with E-state index < -0.39 is 0 Å². The molecule has 3 rings (SSSR count). The molecular formula is C15H15Cl2N3S. The van der Waals surface area contributed by atoms with E-state index >= 15 is 0 Å². The van der Waals surface area contributed by atoms with E-state index in [0.717, 1.165) is 24.7 Å². The van der Waals surface area contributed by atoms with Crippen molar-refractivity contribution in [3.63, 3.8) is 0 Å². The van der Waals surface area contributed by atoms with E-state index in [-0.39, 0.29) is 0 Å². The Labute approximate surface area is 138 Å². The smallest absolute Gasteiger partial charge is 0.199 e. The van der Waals surface area contributed by atoms with Gasteiger partial charge in [0.15, 0.2) is 5.96 Å². The van der Waals surface area contributed by atoms with Crippen LogP contribution in [0.15, 0.2) is 34.6 Å². The Morgan fingerprint density at radius 3 is 2.62 bits per heavy atom. The number of aryl methyl sites for hydroxylation is 1. The first-order chi connectivity index (χ1) is 10.2. The maximum absolute atomic E-state index is 6.38. The molecule has 0 spiro atoms. The fourth-order valence-corrected chi connectivity index (χ4v) is 3.78. The molecule has 1 aliphatic heterocycles. The molecule has 21 heavy (non-hydrogen) atoms. The lowest BCUT2D eigenvalue weighted by atomic mass is 10.2. The average Bonchev–Trinajstić information content (AvgIpc) is 3.09. The Morgan fingerprint density at radius 2 is 2.05 bits per heavy atom. The molecule has 0 saturated heterocycles. The van der Waals surface area contributed by atoms with Crippen molar-refractivity contribution < 1.29 is 0 Å². The third-order valence-corrected chi connectivity index (χ3v) is 5.01. The minimum absolute atomic E-state index is 0.633. The van der Waals surface area contributed by atoms with Crippen molar-refractivity contribution in [3.8, 4) is 0 Å². The first-order valence-electron chi connectivity index (χ1n) is 6.69. The number of para-hydroxylation sites is 1. The number of hydrogen-bond donors (Lipinski definition) is 1. The molecule has 0 unspecified atom stereocenters. The van der Waals surface area contributed by atoms with Crippen LogP contribution in [0, 0.1) is 6.92 Å². The van der Waals surface area contributed by atoms with Crippen molar-refractivity contribution in [3.05, 3.63) is 50.1 Å². The first-order valence-corrected chi connectivity index (χ1v) is 8.33. The number of halogens is 2. The Balaban J connectivity index is 2.02. The number of benzene rings is 1. The predicted molar refractivity (Wildman–Crippen MR) is 92.0 cm³/mol. The fraction of sp³-hybridized carbons (Fsp3) is 0.267. The van der Waals surface area contributed by atoms with E-state index in [1.165, 1.54) is 10.4 Å². The van der Waals surface area contributed by atoms with Gasteiger partial charge in [-0.3, -0.25) is 4.99 Å². The van der Waals surface area contributed by atoms with Crippen LogP contribution in [0.25, 0.3) is 0 Å². The summed E-state index contributed by atoms with van der Waals surface area (Å²) >= 11 is 14.5. The SMILES string of the molecule is Cc1ccsc1CN(C1=NCCN1)c1c(Cl)cccc1Cl. The van der Waals surface area contributed by atoms with Gasteiger partial charge in [0.1, 0.15) is 0 Å². The summed E-state index contributed by atoms with van der Waals surface area (Å²) in [6, 6.07) is 7.68. The number of nitrogens with zero attached hydrogens (tertiary/aromatic N) is 2. The molecule has 1 N–H and O–H groups in total. The average molecular weight is 340 g/mol. The van der Waals surface area contributed by atoms with E-state index in [4.69, 9.17) is 23.2 Å². The molecule has 0 radical (unpaired) electrons. The molecule has 0 amide bonds. The van der Waals surface area contributed by atoms with Gasteiger partial charge in [-0.05, 0) is 36.1 Å². The summed E-state index contributed by atoms with van der Waals surface area (Å²) < 4.78 is 0. The van der Waals surface area contributed by atoms with Crippen LogP contribution in [0.4, 0.5) is 5.69 Å². The molecule has 2 heterocycles. The minimum atomic E-state index is 0.633. The Bertz CT molecular complexity index is 661. The molecule has 110 valence electrons. The van der Waals surface area contributed by atoms with Crippen LogP contribution in [-0.4, -0.2) is 19.0 Å². The van der Waals surface area contributed by atoms with Crippen molar-refractivity contribution in [2.45, 2.75) is 13.5 Å². The van der Waals surface area contributed by atoms with Crippen LogP contribution in [0.2, 0.25) is 10.0 Å². The lowest BCUT2D eigenvalue weighted by Gasteiger charge is -2.26. The molecule has 1 aromatic carbocycles. The summed E-state index contributed by atoms with van der Waals surface area (Å²) in [6.45, 7) is 4.44. The zero-order chi connectivity index (χ0) is 14.8. The van der Waals surface area contributed by atoms with Crippen molar-refractivity contribution >= 4 is 46.2 Å². The van der Waals surface area contributed by atoms with Gasteiger partial charge in [0, 0.05) is 11.4 Å². The van der Waals surface area contributed by atoms with Crippen molar-refractivity contribution in [2.24, 2.45) is 4.99 Å². The van der Waals surface area contributed by atoms with Gasteiger partial charge >= 0.3 is 0 Å². The van der Waals surface area contributed by atoms with E-state index in [9.17, 15) is 0 Å². The number of nitrogens with one attached hydrogen (secondary N) is 1. The molecule has 0 bridgehead atoms. The molecule has 0 saturated carbocycles. The highest BCUT2D eigenvalue weighted by Crippen LogP contribution is 2.35. The van der Waals surface area contributed by atoms with Gasteiger partial charge < -0.3 is 10.2 Å². The highest BCUT2D eigenvalue weighted by molar-refractivity contribution is 7.10. The lowest BCUT2D eigenvalue weighted by molar-refractivity contribution is 0.928. The second kappa shape index (κ2) is 6.26. The molecule has 3 nitrogen and oxygen atoms in total. The monoisotopic (exact) mass is 339 g/mol. The van der Waals surface area contributed by atoms with Crippen LogP contribution >= 0.6 is 34.5 Å². The summed E-state index contributed by atoms with van der Waals surface area (Å²) in [6.07, 6.45) is 0. The van der Waals surface area contributed by atoms with Gasteiger partial charge in [-0.2, -0.15) is 0 Å².